The van der Waals surface area contributed by atoms with Crippen molar-refractivity contribution < 1.29 is 4.79 Å². The average Bonchev–Trinajstić information content (AvgIpc) is 3.22. The van der Waals surface area contributed by atoms with E-state index in [1.807, 2.05) is 18.2 Å². The highest BCUT2D eigenvalue weighted by molar-refractivity contribution is 8.00. The highest BCUT2D eigenvalue weighted by Gasteiger charge is 2.22. The molecule has 1 aliphatic carbocycles. The van der Waals surface area contributed by atoms with Crippen LogP contribution in [0.5, 0.6) is 0 Å². The summed E-state index contributed by atoms with van der Waals surface area (Å²) in [5.74, 6) is 1.26. The molecule has 0 saturated heterocycles. The molecule has 1 amide bonds. The van der Waals surface area contributed by atoms with Gasteiger partial charge in [0, 0.05) is 24.8 Å². The molecule has 0 unspecified atom stereocenters. The van der Waals surface area contributed by atoms with E-state index in [2.05, 4.69) is 17.4 Å². The normalized spacial score (nSPS) is 16.6. The monoisotopic (exact) mass is 429 g/mol. The van der Waals surface area contributed by atoms with Crippen LogP contribution in [0.15, 0.2) is 45.2 Å². The fraction of sp³-hybridized carbons (Fsp3) is 0.500. The molecule has 0 spiro atoms. The summed E-state index contributed by atoms with van der Waals surface area (Å²) in [7, 11) is 0. The molecular formula is C22H27N3O2S2. The number of aryl methyl sites for hydroxylation is 2. The summed E-state index contributed by atoms with van der Waals surface area (Å²) < 4.78 is 1.77. The summed E-state index contributed by atoms with van der Waals surface area (Å²) in [4.78, 5) is 31.1. The van der Waals surface area contributed by atoms with Crippen LogP contribution in [0, 0.1) is 0 Å². The summed E-state index contributed by atoms with van der Waals surface area (Å²) in [6, 6.07) is 10.5. The summed E-state index contributed by atoms with van der Waals surface area (Å²) >= 11 is 2.99. The summed E-state index contributed by atoms with van der Waals surface area (Å²) in [5.41, 5.74) is 2.13. The van der Waals surface area contributed by atoms with E-state index in [0.29, 0.717) is 23.5 Å². The van der Waals surface area contributed by atoms with Crippen LogP contribution in [0.3, 0.4) is 0 Å². The van der Waals surface area contributed by atoms with Gasteiger partial charge in [0.05, 0.1) is 16.3 Å². The number of thioether (sulfide) groups is 2. The number of fused-ring (bicyclic) bond motifs is 1. The number of rotatable bonds is 7. The number of nitrogens with one attached hydrogen (secondary N) is 1. The van der Waals surface area contributed by atoms with Crippen LogP contribution in [-0.4, -0.2) is 33.0 Å². The molecule has 1 aromatic heterocycles. The zero-order valence-corrected chi connectivity index (χ0v) is 18.2. The van der Waals surface area contributed by atoms with Gasteiger partial charge < -0.3 is 5.32 Å². The maximum atomic E-state index is 13.1. The van der Waals surface area contributed by atoms with Gasteiger partial charge in [-0.05, 0) is 24.8 Å². The average molecular weight is 430 g/mol. The van der Waals surface area contributed by atoms with Crippen molar-refractivity contribution in [1.82, 2.24) is 14.9 Å². The molecule has 0 bridgehead atoms. The quantitative estimate of drug-likeness (QED) is 0.537. The molecule has 7 heteroatoms. The summed E-state index contributed by atoms with van der Waals surface area (Å²) in [6.07, 6.45) is 7.41. The Morgan fingerprint density at radius 2 is 2.00 bits per heavy atom. The predicted octanol–water partition coefficient (Wildman–Crippen LogP) is 3.68. The van der Waals surface area contributed by atoms with Crippen molar-refractivity contribution in [3.05, 3.63) is 51.9 Å². The number of hydrogen-bond acceptors (Lipinski definition) is 5. The van der Waals surface area contributed by atoms with E-state index in [0.717, 1.165) is 42.0 Å². The van der Waals surface area contributed by atoms with Crippen LogP contribution in [0.4, 0.5) is 0 Å². The van der Waals surface area contributed by atoms with Crippen molar-refractivity contribution in [3.8, 4) is 0 Å². The van der Waals surface area contributed by atoms with Crippen LogP contribution in [-0.2, 0) is 24.2 Å². The van der Waals surface area contributed by atoms with Crippen molar-refractivity contribution in [3.63, 3.8) is 0 Å². The predicted molar refractivity (Wildman–Crippen MR) is 119 cm³/mol. The zero-order valence-electron chi connectivity index (χ0n) is 16.6. The number of benzene rings is 1. The second-order valence-electron chi connectivity index (χ2n) is 7.65. The number of amides is 1. The molecule has 1 saturated carbocycles. The Bertz CT molecular complexity index is 908. The molecule has 4 rings (SSSR count). The molecule has 29 heavy (non-hydrogen) atoms. The van der Waals surface area contributed by atoms with Crippen LogP contribution in [0.25, 0.3) is 0 Å². The van der Waals surface area contributed by atoms with Crippen LogP contribution < -0.4 is 10.9 Å². The molecular weight excluding hydrogens is 402 g/mol. The van der Waals surface area contributed by atoms with Gasteiger partial charge in [0.1, 0.15) is 0 Å². The van der Waals surface area contributed by atoms with Crippen molar-refractivity contribution in [2.24, 2.45) is 0 Å². The number of hydrogen-bond donors (Lipinski definition) is 1. The van der Waals surface area contributed by atoms with E-state index in [1.165, 1.54) is 36.6 Å². The fourth-order valence-electron chi connectivity index (χ4n) is 3.96. The van der Waals surface area contributed by atoms with Gasteiger partial charge in [-0.1, -0.05) is 61.4 Å². The Hall–Kier alpha value is -1.73. The molecule has 5 nitrogen and oxygen atoms in total. The van der Waals surface area contributed by atoms with Crippen LogP contribution in [0.1, 0.15) is 43.4 Å². The molecule has 0 atom stereocenters. The first-order valence-corrected chi connectivity index (χ1v) is 12.4. The van der Waals surface area contributed by atoms with E-state index >= 15 is 0 Å². The van der Waals surface area contributed by atoms with Gasteiger partial charge in [-0.25, -0.2) is 4.98 Å². The van der Waals surface area contributed by atoms with Gasteiger partial charge in [-0.15, -0.1) is 11.8 Å². The van der Waals surface area contributed by atoms with Gasteiger partial charge in [-0.3, -0.25) is 14.2 Å². The Morgan fingerprint density at radius 3 is 2.79 bits per heavy atom. The van der Waals surface area contributed by atoms with Crippen LogP contribution >= 0.6 is 23.5 Å². The number of aromatic nitrogens is 2. The van der Waals surface area contributed by atoms with Crippen LogP contribution in [0.2, 0.25) is 0 Å². The van der Waals surface area contributed by atoms with Crippen molar-refractivity contribution in [2.45, 2.75) is 67.6 Å². The van der Waals surface area contributed by atoms with E-state index in [1.54, 1.807) is 16.3 Å². The second kappa shape index (κ2) is 9.85. The third-order valence-electron chi connectivity index (χ3n) is 5.52. The lowest BCUT2D eigenvalue weighted by molar-refractivity contribution is -0.119. The van der Waals surface area contributed by atoms with Gasteiger partial charge in [0.2, 0.25) is 5.91 Å². The molecule has 0 radical (unpaired) electrons. The molecule has 2 heterocycles. The lowest BCUT2D eigenvalue weighted by Gasteiger charge is -2.22. The first kappa shape index (κ1) is 20.5. The smallest absolute Gasteiger partial charge is 0.268 e. The number of carbonyl (C=O) groups is 1. The molecule has 1 aromatic carbocycles. The Morgan fingerprint density at radius 1 is 1.21 bits per heavy atom. The molecule has 2 aromatic rings. The minimum Gasteiger partial charge on any atom is -0.353 e. The summed E-state index contributed by atoms with van der Waals surface area (Å²) in [5, 5.41) is 3.83. The molecule has 154 valence electrons. The molecule has 1 fully saturated rings. The SMILES string of the molecule is O=C(CSc1nc2c(c(=O)n1CCc1ccccc1)SCC2)NC1CCCCC1. The number of carbonyl (C=O) groups excluding carboxylic acids is 1. The Balaban J connectivity index is 1.46. The lowest BCUT2D eigenvalue weighted by Crippen LogP contribution is -2.37. The van der Waals surface area contributed by atoms with Gasteiger partial charge in [0.25, 0.3) is 5.56 Å². The van der Waals surface area contributed by atoms with E-state index in [9.17, 15) is 9.59 Å². The topological polar surface area (TPSA) is 64.0 Å². The maximum absolute atomic E-state index is 13.1. The van der Waals surface area contributed by atoms with Crippen molar-refractivity contribution in [1.29, 1.82) is 0 Å². The zero-order chi connectivity index (χ0) is 20.1. The van der Waals surface area contributed by atoms with Gasteiger partial charge in [0.15, 0.2) is 5.16 Å². The third kappa shape index (κ3) is 5.25. The largest absolute Gasteiger partial charge is 0.353 e. The Labute approximate surface area is 180 Å². The van der Waals surface area contributed by atoms with Gasteiger partial charge >= 0.3 is 0 Å². The standard InChI is InChI=1S/C22H27N3O2S2/c26-19(23-17-9-5-2-6-10-17)15-29-22-24-18-12-14-28-20(18)21(27)25(22)13-11-16-7-3-1-4-8-16/h1,3-4,7-8,17H,2,5-6,9-15H2,(H,23,26). The fourth-order valence-corrected chi connectivity index (χ4v) is 5.86. The first-order chi connectivity index (χ1) is 14.2. The molecule has 1 aliphatic heterocycles. The second-order valence-corrected chi connectivity index (χ2v) is 9.70. The third-order valence-corrected chi connectivity index (χ3v) is 7.60. The van der Waals surface area contributed by atoms with E-state index in [4.69, 9.17) is 4.98 Å². The van der Waals surface area contributed by atoms with Crippen molar-refractivity contribution in [2.75, 3.05) is 11.5 Å². The summed E-state index contributed by atoms with van der Waals surface area (Å²) in [6.45, 7) is 0.580. The van der Waals surface area contributed by atoms with E-state index in [-0.39, 0.29) is 11.5 Å². The first-order valence-electron chi connectivity index (χ1n) is 10.4. The lowest BCUT2D eigenvalue weighted by atomic mass is 9.95. The molecule has 2 aliphatic rings. The minimum absolute atomic E-state index is 0.0423. The number of nitrogens with zero attached hydrogens (tertiary/aromatic N) is 2. The van der Waals surface area contributed by atoms with E-state index < -0.39 is 0 Å². The minimum atomic E-state index is 0.0423. The van der Waals surface area contributed by atoms with Gasteiger partial charge in [-0.2, -0.15) is 0 Å². The Kier molecular flexibility index (Phi) is 6.98. The van der Waals surface area contributed by atoms with Crippen molar-refractivity contribution >= 4 is 29.4 Å². The highest BCUT2D eigenvalue weighted by atomic mass is 32.2. The maximum Gasteiger partial charge on any atom is 0.268 e. The molecule has 1 N–H and O–H groups in total. The highest BCUT2D eigenvalue weighted by Crippen LogP contribution is 2.29.